The van der Waals surface area contributed by atoms with E-state index in [0.29, 0.717) is 23.8 Å². The highest BCUT2D eigenvalue weighted by molar-refractivity contribution is 5.88. The first kappa shape index (κ1) is 25.0. The lowest BCUT2D eigenvalue weighted by Crippen LogP contribution is -2.40. The second kappa shape index (κ2) is 11.5. The van der Waals surface area contributed by atoms with Crippen molar-refractivity contribution < 1.29 is 23.7 Å². The van der Waals surface area contributed by atoms with Gasteiger partial charge >= 0.3 is 6.01 Å². The topological polar surface area (TPSA) is 91.8 Å². The lowest BCUT2D eigenvalue weighted by molar-refractivity contribution is -0.135. The van der Waals surface area contributed by atoms with Gasteiger partial charge in [-0.3, -0.25) is 4.79 Å². The van der Waals surface area contributed by atoms with Gasteiger partial charge in [0.05, 0.1) is 19.9 Å². The zero-order valence-electron chi connectivity index (χ0n) is 20.3. The Hall–Kier alpha value is -3.65. The van der Waals surface area contributed by atoms with Crippen molar-refractivity contribution in [3.8, 4) is 28.8 Å². The van der Waals surface area contributed by atoms with Crippen molar-refractivity contribution in [1.29, 1.82) is 0 Å². The maximum atomic E-state index is 12.3. The summed E-state index contributed by atoms with van der Waals surface area (Å²) in [5.74, 6) is 1.89. The van der Waals surface area contributed by atoms with Crippen LogP contribution in [0.1, 0.15) is 19.4 Å². The number of Topliss-reactive ketones (excluding diaryl/α,β-unsaturated/α-hetero) is 1. The van der Waals surface area contributed by atoms with Crippen molar-refractivity contribution in [3.63, 3.8) is 0 Å². The first-order chi connectivity index (χ1) is 16.3. The fourth-order valence-electron chi connectivity index (χ4n) is 3.26. The SMILES string of the molecule is COCC(=O)C(C)(C)Oc1cccc(-c2cc(NCCc3ccc(OC)cc3)nc(OC)n2)c1. The molecule has 0 saturated carbocycles. The smallest absolute Gasteiger partial charge is 0.318 e. The number of anilines is 1. The third-order valence-corrected chi connectivity index (χ3v) is 5.22. The minimum atomic E-state index is -1.02. The van der Waals surface area contributed by atoms with E-state index in [1.54, 1.807) is 27.0 Å². The highest BCUT2D eigenvalue weighted by Gasteiger charge is 2.29. The highest BCUT2D eigenvalue weighted by atomic mass is 16.5. The molecule has 0 atom stereocenters. The number of rotatable bonds is 12. The van der Waals surface area contributed by atoms with E-state index in [4.69, 9.17) is 18.9 Å². The number of methoxy groups -OCH3 is 3. The number of hydrogen-bond donors (Lipinski definition) is 1. The van der Waals surface area contributed by atoms with Gasteiger partial charge in [0.2, 0.25) is 5.78 Å². The van der Waals surface area contributed by atoms with Gasteiger partial charge in [-0.15, -0.1) is 0 Å². The molecule has 1 heterocycles. The molecule has 3 rings (SSSR count). The monoisotopic (exact) mass is 465 g/mol. The third-order valence-electron chi connectivity index (χ3n) is 5.22. The normalized spacial score (nSPS) is 11.1. The van der Waals surface area contributed by atoms with Gasteiger partial charge in [-0.2, -0.15) is 9.97 Å². The predicted molar refractivity (Wildman–Crippen MR) is 131 cm³/mol. The largest absolute Gasteiger partial charge is 0.497 e. The van der Waals surface area contributed by atoms with Crippen LogP contribution in [0.5, 0.6) is 17.5 Å². The number of ether oxygens (including phenoxy) is 4. The van der Waals surface area contributed by atoms with Gasteiger partial charge in [-0.25, -0.2) is 0 Å². The molecule has 1 aromatic heterocycles. The van der Waals surface area contributed by atoms with Gasteiger partial charge in [0.25, 0.3) is 0 Å². The summed E-state index contributed by atoms with van der Waals surface area (Å²) in [5, 5.41) is 3.34. The van der Waals surface area contributed by atoms with E-state index in [9.17, 15) is 4.79 Å². The van der Waals surface area contributed by atoms with E-state index in [-0.39, 0.29) is 18.4 Å². The molecule has 8 nitrogen and oxygen atoms in total. The third kappa shape index (κ3) is 6.68. The van der Waals surface area contributed by atoms with Crippen LogP contribution in [0.15, 0.2) is 54.6 Å². The van der Waals surface area contributed by atoms with Crippen molar-refractivity contribution in [3.05, 3.63) is 60.2 Å². The van der Waals surface area contributed by atoms with Crippen molar-refractivity contribution in [2.24, 2.45) is 0 Å². The minimum absolute atomic E-state index is 0.0125. The van der Waals surface area contributed by atoms with Gasteiger partial charge in [-0.05, 0) is 50.1 Å². The molecule has 0 bridgehead atoms. The highest BCUT2D eigenvalue weighted by Crippen LogP contribution is 2.28. The fraction of sp³-hybridized carbons (Fsp3) is 0.346. The Morgan fingerprint density at radius 3 is 2.38 bits per heavy atom. The van der Waals surface area contributed by atoms with Crippen LogP contribution in [0.25, 0.3) is 11.3 Å². The molecule has 0 saturated heterocycles. The Kier molecular flexibility index (Phi) is 8.43. The molecule has 0 aliphatic carbocycles. The lowest BCUT2D eigenvalue weighted by Gasteiger charge is -2.25. The molecule has 180 valence electrons. The number of hydrogen-bond acceptors (Lipinski definition) is 8. The van der Waals surface area contributed by atoms with Gasteiger partial charge in [-0.1, -0.05) is 24.3 Å². The molecule has 34 heavy (non-hydrogen) atoms. The maximum absolute atomic E-state index is 12.3. The number of ketones is 1. The van der Waals surface area contributed by atoms with Crippen LogP contribution >= 0.6 is 0 Å². The van der Waals surface area contributed by atoms with Gasteiger partial charge in [0.15, 0.2) is 5.60 Å². The maximum Gasteiger partial charge on any atom is 0.318 e. The van der Waals surface area contributed by atoms with Crippen LogP contribution in [-0.4, -0.2) is 55.8 Å². The van der Waals surface area contributed by atoms with E-state index in [1.165, 1.54) is 19.8 Å². The summed E-state index contributed by atoms with van der Waals surface area (Å²) in [6.45, 7) is 4.12. The van der Waals surface area contributed by atoms with Crippen LogP contribution < -0.4 is 19.5 Å². The van der Waals surface area contributed by atoms with Crippen LogP contribution in [-0.2, 0) is 16.0 Å². The van der Waals surface area contributed by atoms with E-state index in [2.05, 4.69) is 15.3 Å². The van der Waals surface area contributed by atoms with Crippen LogP contribution in [0.4, 0.5) is 5.82 Å². The van der Waals surface area contributed by atoms with Crippen LogP contribution in [0, 0.1) is 0 Å². The summed E-state index contributed by atoms with van der Waals surface area (Å²) in [5.41, 5.74) is 1.65. The summed E-state index contributed by atoms with van der Waals surface area (Å²) < 4.78 is 21.4. The summed E-state index contributed by atoms with van der Waals surface area (Å²) in [6.07, 6.45) is 0.819. The van der Waals surface area contributed by atoms with Crippen molar-refractivity contribution >= 4 is 11.6 Å². The average Bonchev–Trinajstić information content (AvgIpc) is 2.84. The van der Waals surface area contributed by atoms with Crippen molar-refractivity contribution in [1.82, 2.24) is 9.97 Å². The fourth-order valence-corrected chi connectivity index (χ4v) is 3.26. The summed E-state index contributed by atoms with van der Waals surface area (Å²) in [4.78, 5) is 21.2. The quantitative estimate of drug-likeness (QED) is 0.426. The first-order valence-corrected chi connectivity index (χ1v) is 11.0. The lowest BCUT2D eigenvalue weighted by atomic mass is 10.0. The predicted octanol–water partition coefficient (Wildman–Crippen LogP) is 4.19. The molecule has 0 unspecified atom stereocenters. The molecule has 0 spiro atoms. The molecule has 1 N–H and O–H groups in total. The Morgan fingerprint density at radius 2 is 1.71 bits per heavy atom. The molecular formula is C26H31N3O5. The molecule has 0 amide bonds. The number of benzene rings is 2. The summed E-state index contributed by atoms with van der Waals surface area (Å²) in [6, 6.07) is 17.5. The zero-order valence-corrected chi connectivity index (χ0v) is 20.3. The van der Waals surface area contributed by atoms with Crippen molar-refractivity contribution in [2.75, 3.05) is 39.8 Å². The molecule has 0 radical (unpaired) electrons. The number of nitrogens with one attached hydrogen (secondary N) is 1. The molecule has 2 aromatic carbocycles. The second-order valence-corrected chi connectivity index (χ2v) is 8.15. The molecular weight excluding hydrogens is 434 g/mol. The van der Waals surface area contributed by atoms with Gasteiger partial charge in [0, 0.05) is 25.3 Å². The van der Waals surface area contributed by atoms with Crippen LogP contribution in [0.3, 0.4) is 0 Å². The van der Waals surface area contributed by atoms with Crippen molar-refractivity contribution in [2.45, 2.75) is 25.9 Å². The van der Waals surface area contributed by atoms with E-state index in [0.717, 1.165) is 17.7 Å². The number of nitrogens with zero attached hydrogens (tertiary/aromatic N) is 2. The second-order valence-electron chi connectivity index (χ2n) is 8.15. The zero-order chi connectivity index (χ0) is 24.6. The Morgan fingerprint density at radius 1 is 0.941 bits per heavy atom. The number of carbonyl (C=O) groups is 1. The van der Waals surface area contributed by atoms with E-state index < -0.39 is 5.60 Å². The van der Waals surface area contributed by atoms with Gasteiger partial charge < -0.3 is 24.3 Å². The molecule has 0 aliphatic heterocycles. The number of carbonyl (C=O) groups excluding carboxylic acids is 1. The van der Waals surface area contributed by atoms with E-state index >= 15 is 0 Å². The van der Waals surface area contributed by atoms with E-state index in [1.807, 2.05) is 48.5 Å². The molecule has 3 aromatic rings. The molecule has 0 aliphatic rings. The first-order valence-electron chi connectivity index (χ1n) is 11.0. The molecule has 0 fully saturated rings. The average molecular weight is 466 g/mol. The minimum Gasteiger partial charge on any atom is -0.497 e. The summed E-state index contributed by atoms with van der Waals surface area (Å²) in [7, 11) is 4.67. The Bertz CT molecular complexity index is 1100. The number of aromatic nitrogens is 2. The Labute approximate surface area is 200 Å². The van der Waals surface area contributed by atoms with Crippen LogP contribution in [0.2, 0.25) is 0 Å². The standard InChI is InChI=1S/C26H31N3O5/c1-26(2,23(30)17-31-3)34-21-8-6-7-19(15-21)22-16-24(29-25(28-22)33-5)27-14-13-18-9-11-20(32-4)12-10-18/h6-12,15-16H,13-14,17H2,1-5H3,(H,27,28,29). The summed E-state index contributed by atoms with van der Waals surface area (Å²) >= 11 is 0. The van der Waals surface area contributed by atoms with Gasteiger partial charge in [0.1, 0.15) is 23.9 Å². The molecule has 8 heteroatoms. The Balaban J connectivity index is 1.74.